The number of amides is 1. The maximum Gasteiger partial charge on any atom is 0.387 e. The van der Waals surface area contributed by atoms with Crippen LogP contribution in [0.4, 0.5) is 8.78 Å². The number of carbonyl (C=O) groups excluding carboxylic acids is 1. The summed E-state index contributed by atoms with van der Waals surface area (Å²) in [6.45, 7) is 0.127. The lowest BCUT2D eigenvalue weighted by Gasteiger charge is -2.20. The molecule has 4 nitrogen and oxygen atoms in total. The minimum atomic E-state index is -2.87. The van der Waals surface area contributed by atoms with Crippen molar-refractivity contribution < 1.29 is 18.3 Å². The number of hydrogen-bond donors (Lipinski definition) is 1. The molecule has 1 rings (SSSR count). The van der Waals surface area contributed by atoms with Crippen LogP contribution in [-0.4, -0.2) is 37.6 Å². The highest BCUT2D eigenvalue weighted by Crippen LogP contribution is 2.16. The fraction of sp³-hybridized carbons (Fsp3) is 0.462. The van der Waals surface area contributed by atoms with E-state index in [9.17, 15) is 13.6 Å². The van der Waals surface area contributed by atoms with Gasteiger partial charge in [0.15, 0.2) is 0 Å². The van der Waals surface area contributed by atoms with E-state index in [1.54, 1.807) is 11.9 Å². The highest BCUT2D eigenvalue weighted by Gasteiger charge is 2.14. The van der Waals surface area contributed by atoms with E-state index < -0.39 is 6.61 Å². The molecule has 106 valence electrons. The smallest absolute Gasteiger partial charge is 0.387 e. The largest absolute Gasteiger partial charge is 0.435 e. The van der Waals surface area contributed by atoms with Crippen LogP contribution >= 0.6 is 0 Å². The van der Waals surface area contributed by atoms with E-state index in [1.165, 1.54) is 24.3 Å². The highest BCUT2D eigenvalue weighted by molar-refractivity contribution is 5.94. The molecule has 1 amide bonds. The zero-order valence-electron chi connectivity index (χ0n) is 11.0. The summed E-state index contributed by atoms with van der Waals surface area (Å²) in [7, 11) is 1.68. The van der Waals surface area contributed by atoms with E-state index in [4.69, 9.17) is 5.73 Å². The lowest BCUT2D eigenvalue weighted by atomic mass is 10.1. The summed E-state index contributed by atoms with van der Waals surface area (Å²) in [5.74, 6) is 0.0591. The van der Waals surface area contributed by atoms with Crippen molar-refractivity contribution in [2.45, 2.75) is 13.5 Å². The molecule has 0 fully saturated rings. The molecule has 1 aromatic rings. The Bertz CT molecular complexity index is 410. The first-order valence-corrected chi connectivity index (χ1v) is 5.94. The molecular weight excluding hydrogens is 254 g/mol. The van der Waals surface area contributed by atoms with Gasteiger partial charge in [-0.05, 0) is 36.7 Å². The molecule has 6 heteroatoms. The van der Waals surface area contributed by atoms with Gasteiger partial charge in [0.1, 0.15) is 5.75 Å². The third-order valence-corrected chi connectivity index (χ3v) is 2.66. The van der Waals surface area contributed by atoms with Gasteiger partial charge >= 0.3 is 6.61 Å². The van der Waals surface area contributed by atoms with Crippen molar-refractivity contribution in [3.63, 3.8) is 0 Å². The second-order valence-corrected chi connectivity index (χ2v) is 4.43. The van der Waals surface area contributed by atoms with Crippen LogP contribution in [0.5, 0.6) is 5.75 Å². The summed E-state index contributed by atoms with van der Waals surface area (Å²) in [6.07, 6.45) is 0. The Hall–Kier alpha value is -1.69. The Morgan fingerprint density at radius 2 is 1.95 bits per heavy atom. The molecule has 1 atom stereocenters. The van der Waals surface area contributed by atoms with Crippen LogP contribution in [0.25, 0.3) is 0 Å². The number of nitrogens with two attached hydrogens (primary N) is 1. The van der Waals surface area contributed by atoms with Gasteiger partial charge in [0.2, 0.25) is 0 Å². The maximum atomic E-state index is 12.0. The average molecular weight is 272 g/mol. The molecule has 0 aromatic heterocycles. The third-order valence-electron chi connectivity index (χ3n) is 2.66. The molecule has 0 heterocycles. The zero-order valence-corrected chi connectivity index (χ0v) is 11.0. The van der Waals surface area contributed by atoms with Gasteiger partial charge in [0.25, 0.3) is 5.91 Å². The van der Waals surface area contributed by atoms with E-state index in [0.29, 0.717) is 18.7 Å². The summed E-state index contributed by atoms with van der Waals surface area (Å²) >= 11 is 0. The number of benzene rings is 1. The summed E-state index contributed by atoms with van der Waals surface area (Å²) in [6, 6.07) is 5.62. The zero-order chi connectivity index (χ0) is 14.4. The predicted octanol–water partition coefficient (Wildman–Crippen LogP) is 1.95. The van der Waals surface area contributed by atoms with E-state index >= 15 is 0 Å². The molecule has 0 aliphatic heterocycles. The number of carbonyl (C=O) groups is 1. The normalized spacial score (nSPS) is 12.3. The van der Waals surface area contributed by atoms with Crippen molar-refractivity contribution in [3.05, 3.63) is 29.8 Å². The van der Waals surface area contributed by atoms with Crippen molar-refractivity contribution in [2.24, 2.45) is 11.7 Å². The van der Waals surface area contributed by atoms with Crippen LogP contribution in [0.3, 0.4) is 0 Å². The van der Waals surface area contributed by atoms with Gasteiger partial charge in [-0.1, -0.05) is 6.92 Å². The van der Waals surface area contributed by atoms with Crippen LogP contribution in [0.15, 0.2) is 24.3 Å². The maximum absolute atomic E-state index is 12.0. The Balaban J connectivity index is 2.67. The van der Waals surface area contributed by atoms with E-state index in [2.05, 4.69) is 4.74 Å². The molecule has 0 bridgehead atoms. The van der Waals surface area contributed by atoms with Crippen molar-refractivity contribution in [1.29, 1.82) is 0 Å². The molecule has 0 saturated carbocycles. The van der Waals surface area contributed by atoms with Crippen LogP contribution < -0.4 is 10.5 Å². The van der Waals surface area contributed by atoms with Crippen molar-refractivity contribution in [3.8, 4) is 5.75 Å². The molecule has 1 unspecified atom stereocenters. The van der Waals surface area contributed by atoms with Crippen molar-refractivity contribution in [2.75, 3.05) is 20.1 Å². The lowest BCUT2D eigenvalue weighted by Crippen LogP contribution is -2.33. The Morgan fingerprint density at radius 3 is 2.42 bits per heavy atom. The molecule has 0 aliphatic rings. The van der Waals surface area contributed by atoms with Gasteiger partial charge in [-0.3, -0.25) is 4.79 Å². The van der Waals surface area contributed by atoms with Crippen LogP contribution in [0, 0.1) is 5.92 Å². The molecule has 0 spiro atoms. The van der Waals surface area contributed by atoms with E-state index in [0.717, 1.165) is 0 Å². The minimum absolute atomic E-state index is 0.0320. The SMILES string of the molecule is CC(CN)CN(C)C(=O)c1ccc(OC(F)F)cc1. The van der Waals surface area contributed by atoms with Crippen LogP contribution in [0.2, 0.25) is 0 Å². The van der Waals surface area contributed by atoms with E-state index in [-0.39, 0.29) is 17.6 Å². The van der Waals surface area contributed by atoms with Gasteiger partial charge in [-0.25, -0.2) is 0 Å². The molecule has 19 heavy (non-hydrogen) atoms. The highest BCUT2D eigenvalue weighted by atomic mass is 19.3. The molecule has 0 radical (unpaired) electrons. The van der Waals surface area contributed by atoms with Gasteiger partial charge in [-0.15, -0.1) is 0 Å². The van der Waals surface area contributed by atoms with Crippen molar-refractivity contribution in [1.82, 2.24) is 4.90 Å². The van der Waals surface area contributed by atoms with E-state index in [1.807, 2.05) is 6.92 Å². The molecule has 2 N–H and O–H groups in total. The number of halogens is 2. The second kappa shape index (κ2) is 7.04. The average Bonchev–Trinajstić information content (AvgIpc) is 2.37. The molecule has 1 aromatic carbocycles. The number of ether oxygens (including phenoxy) is 1. The molecular formula is C13H18F2N2O2. The Kier molecular flexibility index (Phi) is 5.69. The summed E-state index contributed by atoms with van der Waals surface area (Å²) in [4.78, 5) is 13.6. The number of rotatable bonds is 6. The lowest BCUT2D eigenvalue weighted by molar-refractivity contribution is -0.0498. The van der Waals surface area contributed by atoms with Crippen molar-refractivity contribution >= 4 is 5.91 Å². The first kappa shape index (κ1) is 15.4. The fourth-order valence-electron chi connectivity index (χ4n) is 1.62. The second-order valence-electron chi connectivity index (χ2n) is 4.43. The Labute approximate surface area is 111 Å². The fourth-order valence-corrected chi connectivity index (χ4v) is 1.62. The van der Waals surface area contributed by atoms with Gasteiger partial charge in [0, 0.05) is 19.2 Å². The van der Waals surface area contributed by atoms with Crippen LogP contribution in [0.1, 0.15) is 17.3 Å². The standard InChI is InChI=1S/C13H18F2N2O2/c1-9(7-16)8-17(2)12(18)10-3-5-11(6-4-10)19-13(14)15/h3-6,9,13H,7-8,16H2,1-2H3. The minimum Gasteiger partial charge on any atom is -0.435 e. The Morgan fingerprint density at radius 1 is 1.37 bits per heavy atom. The number of nitrogens with zero attached hydrogens (tertiary/aromatic N) is 1. The summed E-state index contributed by atoms with van der Waals surface area (Å²) in [5, 5.41) is 0. The number of alkyl halides is 2. The first-order chi connectivity index (χ1) is 8.93. The monoisotopic (exact) mass is 272 g/mol. The third kappa shape index (κ3) is 4.82. The molecule has 0 saturated heterocycles. The van der Waals surface area contributed by atoms with Crippen LogP contribution in [-0.2, 0) is 0 Å². The summed E-state index contributed by atoms with van der Waals surface area (Å²) < 4.78 is 28.2. The van der Waals surface area contributed by atoms with Gasteiger partial charge in [0.05, 0.1) is 0 Å². The predicted molar refractivity (Wildman–Crippen MR) is 68.3 cm³/mol. The topological polar surface area (TPSA) is 55.6 Å². The van der Waals surface area contributed by atoms with Gasteiger partial charge in [-0.2, -0.15) is 8.78 Å². The molecule has 0 aliphatic carbocycles. The number of hydrogen-bond acceptors (Lipinski definition) is 3. The quantitative estimate of drug-likeness (QED) is 0.861. The van der Waals surface area contributed by atoms with Gasteiger partial charge < -0.3 is 15.4 Å². The first-order valence-electron chi connectivity index (χ1n) is 5.94. The summed E-state index contributed by atoms with van der Waals surface area (Å²) in [5.41, 5.74) is 5.92.